The highest BCUT2D eigenvalue weighted by atomic mass is 19.1. The van der Waals surface area contributed by atoms with E-state index in [2.05, 4.69) is 88.7 Å². The van der Waals surface area contributed by atoms with Crippen LogP contribution in [0.5, 0.6) is 5.75 Å². The molecule has 3 unspecified atom stereocenters. The minimum atomic E-state index is -0.971. The molecular formula is C39H39FN2O2. The van der Waals surface area contributed by atoms with Crippen molar-refractivity contribution in [3.05, 3.63) is 125 Å². The number of rotatable bonds is 7. The van der Waals surface area contributed by atoms with Crippen molar-refractivity contribution in [2.75, 3.05) is 39.3 Å². The van der Waals surface area contributed by atoms with Crippen molar-refractivity contribution in [3.63, 3.8) is 0 Å². The normalized spacial score (nSPS) is 23.2. The van der Waals surface area contributed by atoms with E-state index in [9.17, 15) is 5.11 Å². The Balaban J connectivity index is 0.956. The molecule has 0 spiro atoms. The lowest BCUT2D eigenvalue weighted by Gasteiger charge is -2.40. The second kappa shape index (κ2) is 11.6. The van der Waals surface area contributed by atoms with Gasteiger partial charge in [-0.15, -0.1) is 0 Å². The van der Waals surface area contributed by atoms with Crippen LogP contribution in [0, 0.1) is 5.92 Å². The fraction of sp³-hybridized carbons (Fsp3) is 0.333. The molecule has 5 heteroatoms. The maximum atomic E-state index is 16.3. The first-order valence-corrected chi connectivity index (χ1v) is 16.1. The second-order valence-electron chi connectivity index (χ2n) is 12.9. The zero-order chi connectivity index (χ0) is 29.6. The van der Waals surface area contributed by atoms with Crippen molar-refractivity contribution >= 4 is 21.5 Å². The van der Waals surface area contributed by atoms with Crippen LogP contribution >= 0.6 is 0 Å². The Morgan fingerprint density at radius 1 is 0.705 bits per heavy atom. The highest BCUT2D eigenvalue weighted by Gasteiger charge is 2.44. The summed E-state index contributed by atoms with van der Waals surface area (Å²) in [6.45, 7) is 4.24. The van der Waals surface area contributed by atoms with Gasteiger partial charge in [0.25, 0.3) is 0 Å². The molecule has 1 saturated heterocycles. The molecule has 4 atom stereocenters. The number of aliphatic hydroxyl groups is 1. The molecule has 0 bridgehead atoms. The number of halogens is 1. The summed E-state index contributed by atoms with van der Waals surface area (Å²) in [5.74, 6) is 1.18. The number of nitrogens with zero attached hydrogens (tertiary/aromatic N) is 2. The average molecular weight is 587 g/mol. The molecule has 4 nitrogen and oxygen atoms in total. The number of piperazine rings is 1. The Bertz CT molecular complexity index is 1790. The molecule has 44 heavy (non-hydrogen) atoms. The summed E-state index contributed by atoms with van der Waals surface area (Å²) in [7, 11) is 0. The van der Waals surface area contributed by atoms with E-state index < -0.39 is 12.3 Å². The molecule has 1 N–H and O–H groups in total. The molecule has 1 aliphatic heterocycles. The molecule has 2 fully saturated rings. The van der Waals surface area contributed by atoms with Gasteiger partial charge in [0, 0.05) is 44.0 Å². The van der Waals surface area contributed by atoms with E-state index in [1.807, 2.05) is 24.3 Å². The van der Waals surface area contributed by atoms with Crippen LogP contribution in [0.25, 0.3) is 21.5 Å². The largest absolute Gasteiger partial charge is 0.490 e. The van der Waals surface area contributed by atoms with Gasteiger partial charge in [-0.05, 0) is 75.4 Å². The Morgan fingerprint density at radius 3 is 2.05 bits per heavy atom. The second-order valence-corrected chi connectivity index (χ2v) is 12.9. The topological polar surface area (TPSA) is 35.9 Å². The van der Waals surface area contributed by atoms with Gasteiger partial charge >= 0.3 is 0 Å². The first-order valence-electron chi connectivity index (χ1n) is 16.1. The average Bonchev–Trinajstić information content (AvgIpc) is 3.90. The number of ether oxygens (including phenoxy) is 1. The summed E-state index contributed by atoms with van der Waals surface area (Å²) >= 11 is 0. The lowest BCUT2D eigenvalue weighted by molar-refractivity contribution is 0.0403. The van der Waals surface area contributed by atoms with Crippen molar-refractivity contribution in [1.29, 1.82) is 0 Å². The van der Waals surface area contributed by atoms with Crippen molar-refractivity contribution < 1.29 is 14.2 Å². The maximum Gasteiger partial charge on any atom is 0.133 e. The van der Waals surface area contributed by atoms with Crippen LogP contribution in [-0.2, 0) is 0 Å². The number of hydrogen-bond acceptors (Lipinski definition) is 4. The fourth-order valence-corrected chi connectivity index (χ4v) is 7.74. The zero-order valence-electron chi connectivity index (χ0n) is 25.0. The van der Waals surface area contributed by atoms with Gasteiger partial charge in [0.05, 0.1) is 6.04 Å². The third kappa shape index (κ3) is 5.17. The number of hydrogen-bond donors (Lipinski definition) is 1. The van der Waals surface area contributed by atoms with Gasteiger partial charge in [0.2, 0.25) is 0 Å². The Morgan fingerprint density at radius 2 is 1.32 bits per heavy atom. The maximum absolute atomic E-state index is 16.3. The lowest BCUT2D eigenvalue weighted by Crippen LogP contribution is -2.50. The van der Waals surface area contributed by atoms with Crippen LogP contribution in [0.3, 0.4) is 0 Å². The van der Waals surface area contributed by atoms with Crippen LogP contribution in [-0.4, -0.2) is 60.3 Å². The van der Waals surface area contributed by atoms with Gasteiger partial charge in [-0.2, -0.15) is 0 Å². The van der Waals surface area contributed by atoms with Gasteiger partial charge in [-0.3, -0.25) is 9.80 Å². The third-order valence-corrected chi connectivity index (χ3v) is 10.1. The van der Waals surface area contributed by atoms with Gasteiger partial charge < -0.3 is 9.84 Å². The lowest BCUT2D eigenvalue weighted by atomic mass is 9.85. The molecule has 0 aromatic heterocycles. The molecular weight excluding hydrogens is 547 g/mol. The smallest absolute Gasteiger partial charge is 0.133 e. The van der Waals surface area contributed by atoms with Gasteiger partial charge in [0.15, 0.2) is 0 Å². The molecule has 1 saturated carbocycles. The number of β-amino-alcohol motifs (C(OH)–C–C–N with tert-alkyl or cyclic N) is 1. The zero-order valence-corrected chi connectivity index (χ0v) is 25.0. The monoisotopic (exact) mass is 586 g/mol. The predicted molar refractivity (Wildman–Crippen MR) is 175 cm³/mol. The van der Waals surface area contributed by atoms with Crippen molar-refractivity contribution in [1.82, 2.24) is 9.80 Å². The third-order valence-electron chi connectivity index (χ3n) is 10.1. The molecule has 1 heterocycles. The number of aliphatic hydroxyl groups excluding tert-OH is 1. The molecule has 5 aromatic rings. The van der Waals surface area contributed by atoms with Crippen LogP contribution in [0.2, 0.25) is 0 Å². The summed E-state index contributed by atoms with van der Waals surface area (Å²) < 4.78 is 22.5. The van der Waals surface area contributed by atoms with Crippen LogP contribution in [0.4, 0.5) is 4.39 Å². The van der Waals surface area contributed by atoms with Crippen molar-refractivity contribution in [3.8, 4) is 5.75 Å². The van der Waals surface area contributed by atoms with Gasteiger partial charge in [-0.25, -0.2) is 4.39 Å². The Kier molecular flexibility index (Phi) is 7.33. The minimum Gasteiger partial charge on any atom is -0.490 e. The van der Waals surface area contributed by atoms with Crippen molar-refractivity contribution in [2.24, 2.45) is 5.92 Å². The molecule has 224 valence electrons. The Hall–Kier alpha value is -3.77. The summed E-state index contributed by atoms with van der Waals surface area (Å²) in [4.78, 5) is 4.86. The quantitative estimate of drug-likeness (QED) is 0.199. The molecule has 8 rings (SSSR count). The van der Waals surface area contributed by atoms with Crippen LogP contribution < -0.4 is 4.74 Å². The van der Waals surface area contributed by atoms with E-state index in [-0.39, 0.29) is 18.6 Å². The van der Waals surface area contributed by atoms with Crippen LogP contribution in [0.15, 0.2) is 103 Å². The van der Waals surface area contributed by atoms with Gasteiger partial charge in [0.1, 0.15) is 24.6 Å². The first kappa shape index (κ1) is 27.8. The molecule has 0 amide bonds. The van der Waals surface area contributed by atoms with E-state index in [0.717, 1.165) is 66.7 Å². The van der Waals surface area contributed by atoms with Crippen molar-refractivity contribution in [2.45, 2.75) is 37.1 Å². The molecule has 2 aliphatic carbocycles. The molecule has 5 aromatic carbocycles. The summed E-state index contributed by atoms with van der Waals surface area (Å²) in [5.41, 5.74) is 4.43. The highest BCUT2D eigenvalue weighted by Crippen LogP contribution is 2.55. The number of alkyl halides is 1. The van der Waals surface area contributed by atoms with Gasteiger partial charge in [-0.1, -0.05) is 84.9 Å². The standard InChI is InChI=1S/C39H39FN2O2/c40-38-32-12-4-6-14-34(32)39(33-13-5-3-11-31(33)37(38)26-16-17-26)42-20-18-41(19-21-42)24-30(43)25-44-36-15-7-10-29-22-27-8-1-2-9-28(27)23-35(29)36/h1-15,22-23,26,30,37-39,43H,16-21,24-25H2/t30-,37?,38?,39?/m0/s1. The molecule has 0 radical (unpaired) electrons. The number of fused-ring (bicyclic) bond motifs is 4. The van der Waals surface area contributed by atoms with Crippen LogP contribution in [0.1, 0.15) is 53.2 Å². The van der Waals surface area contributed by atoms with E-state index in [1.54, 1.807) is 0 Å². The first-order chi connectivity index (χ1) is 21.6. The predicted octanol–water partition coefficient (Wildman–Crippen LogP) is 7.66. The minimum absolute atomic E-state index is 0.0437. The number of benzene rings is 5. The van der Waals surface area contributed by atoms with E-state index in [4.69, 9.17) is 4.74 Å². The SMILES string of the molecule is O[C@H](COc1cccc2cc3ccccc3cc12)CN1CCN(C2c3ccccc3C(F)C(C3CC3)c3ccccc32)CC1. The summed E-state index contributed by atoms with van der Waals surface area (Å²) in [5, 5.41) is 15.6. The summed E-state index contributed by atoms with van der Waals surface area (Å²) in [6, 6.07) is 35.7. The van der Waals surface area contributed by atoms with E-state index >= 15 is 4.39 Å². The van der Waals surface area contributed by atoms with E-state index in [0.29, 0.717) is 12.5 Å². The summed E-state index contributed by atoms with van der Waals surface area (Å²) in [6.07, 6.45) is 0.674. The highest BCUT2D eigenvalue weighted by molar-refractivity contribution is 6.00. The Labute approximate surface area is 258 Å². The van der Waals surface area contributed by atoms with E-state index in [1.165, 1.54) is 21.9 Å². The fourth-order valence-electron chi connectivity index (χ4n) is 7.74. The molecule has 3 aliphatic rings.